The fourth-order valence-electron chi connectivity index (χ4n) is 1.94. The number of methoxy groups -OCH3 is 2. The lowest BCUT2D eigenvalue weighted by Crippen LogP contribution is -2.12. The quantitative estimate of drug-likeness (QED) is 0.774. The summed E-state index contributed by atoms with van der Waals surface area (Å²) < 4.78 is 11.8. The Morgan fingerprint density at radius 3 is 2.10 bits per heavy atom. The van der Waals surface area contributed by atoms with Gasteiger partial charge in [-0.2, -0.15) is 0 Å². The van der Waals surface area contributed by atoms with E-state index >= 15 is 0 Å². The van der Waals surface area contributed by atoms with Crippen molar-refractivity contribution in [1.82, 2.24) is 5.32 Å². The number of hydrogen-bond donors (Lipinski definition) is 1. The molecule has 0 aliphatic heterocycles. The number of rotatable bonds is 6. The Labute approximate surface area is 133 Å². The van der Waals surface area contributed by atoms with Crippen molar-refractivity contribution >= 4 is 22.6 Å². The summed E-state index contributed by atoms with van der Waals surface area (Å²) in [6, 6.07) is 14.5. The number of nitrogens with one attached hydrogen (secondary N) is 1. The monoisotopic (exact) mass is 383 g/mol. The summed E-state index contributed by atoms with van der Waals surface area (Å²) in [5, 5.41) is 3.43. The lowest BCUT2D eigenvalue weighted by molar-refractivity contribution is 0.354. The van der Waals surface area contributed by atoms with Gasteiger partial charge >= 0.3 is 0 Å². The molecule has 3 nitrogen and oxygen atoms in total. The highest BCUT2D eigenvalue weighted by atomic mass is 127. The van der Waals surface area contributed by atoms with Gasteiger partial charge in [-0.1, -0.05) is 18.2 Å². The minimum absolute atomic E-state index is 0.758. The smallest absolute Gasteiger partial charge is 0.161 e. The van der Waals surface area contributed by atoms with E-state index < -0.39 is 0 Å². The van der Waals surface area contributed by atoms with Crippen LogP contribution in [0.15, 0.2) is 42.5 Å². The Morgan fingerprint density at radius 1 is 0.850 bits per heavy atom. The van der Waals surface area contributed by atoms with E-state index in [9.17, 15) is 0 Å². The Balaban J connectivity index is 1.92. The van der Waals surface area contributed by atoms with Crippen LogP contribution in [-0.4, -0.2) is 14.2 Å². The first-order valence-electron chi connectivity index (χ1n) is 6.39. The molecule has 4 heteroatoms. The average Bonchev–Trinajstić information content (AvgIpc) is 2.49. The zero-order chi connectivity index (χ0) is 14.4. The third-order valence-corrected chi connectivity index (χ3v) is 3.74. The van der Waals surface area contributed by atoms with E-state index in [2.05, 4.69) is 52.2 Å². The van der Waals surface area contributed by atoms with Crippen molar-refractivity contribution in [2.45, 2.75) is 13.1 Å². The maximum Gasteiger partial charge on any atom is 0.161 e. The fraction of sp³-hybridized carbons (Fsp3) is 0.250. The van der Waals surface area contributed by atoms with Crippen LogP contribution in [0.4, 0.5) is 0 Å². The minimum Gasteiger partial charge on any atom is -0.493 e. The van der Waals surface area contributed by atoms with Crippen LogP contribution in [0, 0.1) is 3.57 Å². The van der Waals surface area contributed by atoms with Gasteiger partial charge in [-0.15, -0.1) is 0 Å². The molecule has 0 unspecified atom stereocenters. The number of ether oxygens (including phenoxy) is 2. The maximum absolute atomic E-state index is 5.30. The van der Waals surface area contributed by atoms with Crippen LogP contribution in [-0.2, 0) is 13.1 Å². The maximum atomic E-state index is 5.30. The number of halogens is 1. The lowest BCUT2D eigenvalue weighted by Gasteiger charge is -2.10. The molecule has 0 aromatic heterocycles. The van der Waals surface area contributed by atoms with Crippen molar-refractivity contribution in [3.8, 4) is 11.5 Å². The van der Waals surface area contributed by atoms with Crippen LogP contribution < -0.4 is 14.8 Å². The first-order valence-corrected chi connectivity index (χ1v) is 7.47. The van der Waals surface area contributed by atoms with Gasteiger partial charge < -0.3 is 14.8 Å². The van der Waals surface area contributed by atoms with E-state index in [0.717, 1.165) is 24.6 Å². The molecule has 2 rings (SSSR count). The molecule has 0 saturated carbocycles. The van der Waals surface area contributed by atoms with Crippen molar-refractivity contribution in [2.24, 2.45) is 0 Å². The highest BCUT2D eigenvalue weighted by Crippen LogP contribution is 2.27. The second kappa shape index (κ2) is 7.50. The Bertz CT molecular complexity index is 555. The molecule has 0 saturated heterocycles. The van der Waals surface area contributed by atoms with E-state index in [1.165, 1.54) is 14.7 Å². The van der Waals surface area contributed by atoms with E-state index in [4.69, 9.17) is 9.47 Å². The molecular formula is C16H18INO2. The van der Waals surface area contributed by atoms with Crippen LogP contribution in [0.3, 0.4) is 0 Å². The summed E-state index contributed by atoms with van der Waals surface area (Å²) in [5.74, 6) is 1.52. The normalized spacial score (nSPS) is 10.3. The number of hydrogen-bond acceptors (Lipinski definition) is 3. The first-order chi connectivity index (χ1) is 9.72. The molecule has 0 aliphatic carbocycles. The largest absolute Gasteiger partial charge is 0.493 e. The summed E-state index contributed by atoms with van der Waals surface area (Å²) in [4.78, 5) is 0. The molecule has 0 amide bonds. The van der Waals surface area contributed by atoms with Gasteiger partial charge in [0.1, 0.15) is 0 Å². The fourth-order valence-corrected chi connectivity index (χ4v) is 2.30. The molecule has 0 heterocycles. The van der Waals surface area contributed by atoms with Crippen LogP contribution in [0.5, 0.6) is 11.5 Å². The van der Waals surface area contributed by atoms with Crippen LogP contribution in [0.1, 0.15) is 11.1 Å². The molecule has 20 heavy (non-hydrogen) atoms. The predicted octanol–water partition coefficient (Wildman–Crippen LogP) is 3.60. The highest BCUT2D eigenvalue weighted by Gasteiger charge is 2.04. The van der Waals surface area contributed by atoms with Gasteiger partial charge in [0.2, 0.25) is 0 Å². The minimum atomic E-state index is 0.758. The van der Waals surface area contributed by atoms with E-state index in [1.807, 2.05) is 18.2 Å². The van der Waals surface area contributed by atoms with Gasteiger partial charge in [-0.3, -0.25) is 0 Å². The predicted molar refractivity (Wildman–Crippen MR) is 89.2 cm³/mol. The Kier molecular flexibility index (Phi) is 5.67. The van der Waals surface area contributed by atoms with Gasteiger partial charge in [0.25, 0.3) is 0 Å². The molecule has 0 fully saturated rings. The van der Waals surface area contributed by atoms with Crippen molar-refractivity contribution in [3.63, 3.8) is 0 Å². The standard InChI is InChI=1S/C16H18INO2/c1-19-15-8-5-13(9-16(15)20-2)11-18-10-12-3-6-14(17)7-4-12/h3-9,18H,10-11H2,1-2H3. The summed E-state index contributed by atoms with van der Waals surface area (Å²) in [5.41, 5.74) is 2.46. The van der Waals surface area contributed by atoms with Crippen LogP contribution in [0.2, 0.25) is 0 Å². The summed E-state index contributed by atoms with van der Waals surface area (Å²) in [7, 11) is 3.30. The highest BCUT2D eigenvalue weighted by molar-refractivity contribution is 14.1. The van der Waals surface area contributed by atoms with Gasteiger partial charge in [0, 0.05) is 16.7 Å². The van der Waals surface area contributed by atoms with Gasteiger partial charge in [-0.25, -0.2) is 0 Å². The first kappa shape index (κ1) is 15.1. The van der Waals surface area contributed by atoms with Crippen molar-refractivity contribution in [3.05, 3.63) is 57.2 Å². The SMILES string of the molecule is COc1ccc(CNCc2ccc(I)cc2)cc1OC. The zero-order valence-electron chi connectivity index (χ0n) is 11.7. The second-order valence-corrected chi connectivity index (χ2v) is 5.66. The third-order valence-electron chi connectivity index (χ3n) is 3.02. The van der Waals surface area contributed by atoms with Gasteiger partial charge in [-0.05, 0) is 58.0 Å². The van der Waals surface area contributed by atoms with Crippen molar-refractivity contribution < 1.29 is 9.47 Å². The third kappa shape index (κ3) is 4.11. The molecule has 106 valence electrons. The van der Waals surface area contributed by atoms with E-state index in [1.54, 1.807) is 14.2 Å². The molecular weight excluding hydrogens is 365 g/mol. The van der Waals surface area contributed by atoms with Gasteiger partial charge in [0.15, 0.2) is 11.5 Å². The average molecular weight is 383 g/mol. The number of benzene rings is 2. The molecule has 0 spiro atoms. The summed E-state index contributed by atoms with van der Waals surface area (Å²) in [6.07, 6.45) is 0. The molecule has 0 radical (unpaired) electrons. The molecule has 0 bridgehead atoms. The zero-order valence-corrected chi connectivity index (χ0v) is 13.8. The lowest BCUT2D eigenvalue weighted by atomic mass is 10.2. The van der Waals surface area contributed by atoms with Crippen molar-refractivity contribution in [1.29, 1.82) is 0 Å². The molecule has 0 aliphatic rings. The summed E-state index contributed by atoms with van der Waals surface area (Å²) >= 11 is 2.31. The van der Waals surface area contributed by atoms with Crippen molar-refractivity contribution in [2.75, 3.05) is 14.2 Å². The molecule has 0 atom stereocenters. The Hall–Kier alpha value is -1.27. The van der Waals surface area contributed by atoms with E-state index in [0.29, 0.717) is 0 Å². The second-order valence-electron chi connectivity index (χ2n) is 4.42. The molecule has 2 aromatic rings. The Morgan fingerprint density at radius 2 is 1.45 bits per heavy atom. The van der Waals surface area contributed by atoms with Crippen LogP contribution in [0.25, 0.3) is 0 Å². The van der Waals surface area contributed by atoms with E-state index in [-0.39, 0.29) is 0 Å². The molecule has 2 aromatic carbocycles. The molecule has 1 N–H and O–H groups in total. The summed E-state index contributed by atoms with van der Waals surface area (Å²) in [6.45, 7) is 1.65. The topological polar surface area (TPSA) is 30.5 Å². The van der Waals surface area contributed by atoms with Crippen LogP contribution >= 0.6 is 22.6 Å². The van der Waals surface area contributed by atoms with Gasteiger partial charge in [0.05, 0.1) is 14.2 Å².